The van der Waals surface area contributed by atoms with Crippen molar-refractivity contribution in [2.45, 2.75) is 5.41 Å². The zero-order chi connectivity index (χ0) is 55.8. The number of furan rings is 1. The summed E-state index contributed by atoms with van der Waals surface area (Å²) in [6.07, 6.45) is 0. The first-order valence-corrected chi connectivity index (χ1v) is 24.1. The molecule has 0 unspecified atom stereocenters. The first-order chi connectivity index (χ1) is 39.9. The third-order valence-corrected chi connectivity index (χ3v) is 15.4. The number of benzene rings is 11. The summed E-state index contributed by atoms with van der Waals surface area (Å²) in [7, 11) is 0. The van der Waals surface area contributed by atoms with E-state index in [1.54, 1.807) is 6.07 Å². The van der Waals surface area contributed by atoms with E-state index in [9.17, 15) is 5.48 Å². The van der Waals surface area contributed by atoms with Crippen LogP contribution in [0.2, 0.25) is 0 Å². The molecule has 0 saturated carbocycles. The Balaban J connectivity index is 0.977. The Morgan fingerprint density at radius 1 is 0.403 bits per heavy atom. The Hall–Kier alpha value is -9.32. The zero-order valence-electron chi connectivity index (χ0n) is 48.3. The van der Waals surface area contributed by atoms with Gasteiger partial charge in [0, 0.05) is 61.8 Å². The summed E-state index contributed by atoms with van der Waals surface area (Å²) in [5, 5.41) is 1.81. The predicted octanol–water partition coefficient (Wildman–Crippen LogP) is 15.5. The van der Waals surface area contributed by atoms with Crippen LogP contribution in [0.25, 0.3) is 44.2 Å². The second kappa shape index (κ2) is 14.8. The van der Waals surface area contributed by atoms with Crippen LogP contribution in [0.4, 0.5) is 51.2 Å². The number of anilines is 9. The highest BCUT2D eigenvalue weighted by atomic mass is 16.3. The van der Waals surface area contributed by atoms with Crippen LogP contribution in [-0.4, -0.2) is 6.71 Å². The minimum atomic E-state index is -0.640. The average molecular weight is 926 g/mol. The highest BCUT2D eigenvalue weighted by Crippen LogP contribution is 2.65. The first kappa shape index (κ1) is 31.0. The Bertz CT molecular complexity index is 4680. The van der Waals surface area contributed by atoms with Crippen molar-refractivity contribution >= 4 is 96.2 Å². The maximum Gasteiger partial charge on any atom is 0.252 e. The molecule has 334 valence electrons. The molecule has 0 fully saturated rings. The Morgan fingerprint density at radius 2 is 0.958 bits per heavy atom. The lowest BCUT2D eigenvalue weighted by atomic mass is 9.33. The van der Waals surface area contributed by atoms with E-state index in [1.807, 2.05) is 48.5 Å². The van der Waals surface area contributed by atoms with Crippen molar-refractivity contribution in [2.75, 3.05) is 14.7 Å². The molecule has 1 aromatic heterocycles. The molecule has 2 aliphatic carbocycles. The molecule has 0 atom stereocenters. The SMILES string of the molecule is [2H]c1c([2H])c([2H])c(N(c2ccc3c(c2)N(c2ccc4oc5ccccc5c4c2)c2cccc4c2B3c2ccccc2N4c2cccc3c2-c2ccccc2C32c3ccccc3-c3ccccc32)c2c([2H])c([2H])c([2H])c([2H])c2[2H])c([2H])c1[2H]. The van der Waals surface area contributed by atoms with Crippen molar-refractivity contribution < 1.29 is 18.1 Å². The van der Waals surface area contributed by atoms with E-state index in [0.717, 1.165) is 72.3 Å². The van der Waals surface area contributed by atoms with Gasteiger partial charge < -0.3 is 19.1 Å². The highest BCUT2D eigenvalue weighted by Gasteiger charge is 2.53. The average Bonchev–Trinajstić information content (AvgIpc) is 3.34. The van der Waals surface area contributed by atoms with Gasteiger partial charge in [0.05, 0.1) is 24.8 Å². The summed E-state index contributed by atoms with van der Waals surface area (Å²) in [6, 6.07) is 61.4. The van der Waals surface area contributed by atoms with Gasteiger partial charge >= 0.3 is 0 Å². The number of hydrogen-bond donors (Lipinski definition) is 0. The van der Waals surface area contributed by atoms with Crippen LogP contribution >= 0.6 is 0 Å². The number of nitrogens with zero attached hydrogens (tertiary/aromatic N) is 3. The maximum atomic E-state index is 9.31. The zero-order valence-corrected chi connectivity index (χ0v) is 38.3. The van der Waals surface area contributed by atoms with E-state index in [1.165, 1.54) is 38.3 Å². The highest BCUT2D eigenvalue weighted by molar-refractivity contribution is 7.00. The molecule has 0 N–H and O–H groups in total. The third-order valence-electron chi connectivity index (χ3n) is 15.4. The summed E-state index contributed by atoms with van der Waals surface area (Å²) in [4.78, 5) is 5.83. The van der Waals surface area contributed by atoms with Crippen molar-refractivity contribution in [3.63, 3.8) is 0 Å². The molecular formula is C67H42BN3O. The predicted molar refractivity (Wildman–Crippen MR) is 299 cm³/mol. The lowest BCUT2D eigenvalue weighted by molar-refractivity contribution is 0.669. The van der Waals surface area contributed by atoms with Gasteiger partial charge in [0.15, 0.2) is 0 Å². The van der Waals surface area contributed by atoms with Crippen LogP contribution in [0, 0.1) is 0 Å². The summed E-state index contributed by atoms with van der Waals surface area (Å²) >= 11 is 0. The number of rotatable bonds is 5. The molecule has 3 heterocycles. The van der Waals surface area contributed by atoms with Crippen molar-refractivity contribution in [3.8, 4) is 22.3 Å². The molecule has 12 aromatic rings. The second-order valence-electron chi connectivity index (χ2n) is 18.8. The Morgan fingerprint density at radius 3 is 1.71 bits per heavy atom. The third kappa shape index (κ3) is 5.21. The summed E-state index contributed by atoms with van der Waals surface area (Å²) < 4.78 is 96.0. The van der Waals surface area contributed by atoms with Crippen LogP contribution in [0.15, 0.2) is 259 Å². The molecule has 0 saturated heterocycles. The van der Waals surface area contributed by atoms with E-state index in [4.69, 9.17) is 12.6 Å². The first-order valence-electron chi connectivity index (χ1n) is 29.1. The van der Waals surface area contributed by atoms with E-state index in [2.05, 4.69) is 149 Å². The number of hydrogen-bond acceptors (Lipinski definition) is 4. The second-order valence-corrected chi connectivity index (χ2v) is 18.8. The molecule has 11 aromatic carbocycles. The van der Waals surface area contributed by atoms with Crippen molar-refractivity contribution in [1.29, 1.82) is 0 Å². The summed E-state index contributed by atoms with van der Waals surface area (Å²) in [5.74, 6) is 0. The van der Waals surface area contributed by atoms with E-state index in [0.29, 0.717) is 11.3 Å². The topological polar surface area (TPSA) is 22.9 Å². The largest absolute Gasteiger partial charge is 0.456 e. The van der Waals surface area contributed by atoms with Crippen molar-refractivity contribution in [1.82, 2.24) is 0 Å². The molecule has 0 bridgehead atoms. The van der Waals surface area contributed by atoms with Gasteiger partial charge in [0.25, 0.3) is 6.71 Å². The fourth-order valence-corrected chi connectivity index (χ4v) is 12.8. The van der Waals surface area contributed by atoms with Gasteiger partial charge in [-0.25, -0.2) is 0 Å². The fourth-order valence-electron chi connectivity index (χ4n) is 12.8. The van der Waals surface area contributed by atoms with Gasteiger partial charge in [0.1, 0.15) is 11.2 Å². The van der Waals surface area contributed by atoms with Gasteiger partial charge in [-0.2, -0.15) is 0 Å². The minimum Gasteiger partial charge on any atom is -0.456 e. The molecule has 16 rings (SSSR count). The van der Waals surface area contributed by atoms with Gasteiger partial charge in [-0.1, -0.05) is 170 Å². The van der Waals surface area contributed by atoms with Crippen LogP contribution < -0.4 is 31.1 Å². The quantitative estimate of drug-likeness (QED) is 0.160. The Labute approximate surface area is 432 Å². The van der Waals surface area contributed by atoms with E-state index in [-0.39, 0.29) is 17.1 Å². The molecule has 4 aliphatic rings. The molecular weight excluding hydrogens is 874 g/mol. The van der Waals surface area contributed by atoms with Crippen molar-refractivity contribution in [3.05, 3.63) is 277 Å². The van der Waals surface area contributed by atoms with Gasteiger partial charge in [-0.15, -0.1) is 0 Å². The van der Waals surface area contributed by atoms with Gasteiger partial charge in [-0.3, -0.25) is 0 Å². The molecule has 1 spiro atoms. The lowest BCUT2D eigenvalue weighted by Crippen LogP contribution is -2.61. The minimum absolute atomic E-state index is 0.198. The smallest absolute Gasteiger partial charge is 0.252 e. The molecule has 5 heteroatoms. The lowest BCUT2D eigenvalue weighted by Gasteiger charge is -2.44. The number of para-hydroxylation sites is 4. The summed E-state index contributed by atoms with van der Waals surface area (Å²) in [5.41, 5.74) is 18.2. The summed E-state index contributed by atoms with van der Waals surface area (Å²) in [6.45, 7) is -0.392. The molecule has 0 radical (unpaired) electrons. The van der Waals surface area contributed by atoms with Crippen LogP contribution in [-0.2, 0) is 5.41 Å². The van der Waals surface area contributed by atoms with Crippen molar-refractivity contribution in [2.24, 2.45) is 0 Å². The van der Waals surface area contributed by atoms with E-state index < -0.39 is 72.6 Å². The molecule has 0 amide bonds. The molecule has 72 heavy (non-hydrogen) atoms. The van der Waals surface area contributed by atoms with Gasteiger partial charge in [0.2, 0.25) is 0 Å². The van der Waals surface area contributed by atoms with Crippen LogP contribution in [0.1, 0.15) is 36.0 Å². The molecule has 4 nitrogen and oxygen atoms in total. The Kier molecular flexibility index (Phi) is 6.40. The normalized spacial score (nSPS) is 15.8. The maximum absolute atomic E-state index is 9.31. The monoisotopic (exact) mass is 925 g/mol. The number of fused-ring (bicyclic) bond motifs is 17. The fraction of sp³-hybridized carbons (Fsp3) is 0.0149. The standard InChI is InChI=1S/C67H42BN3O/c1-3-19-43(20-4-1)69(44-21-5-2-6-22-44)46-37-39-57-62(42-46)70(45-38-40-64-51(41-45)49-25-10-16-36-63(49)72-64)60-34-18-35-61-66(60)68(57)56-31-14-15-32-58(56)71(61)59-33-17-30-55-65(59)50-26-9-13-29-54(50)67(55)52-27-11-7-23-47(52)48-24-8-12-28-53(48)67/h1-42H/i1D,2D,3D,4D,5D,6D,19D,20D,21D,22D. The molecule has 2 aliphatic heterocycles. The van der Waals surface area contributed by atoms with E-state index >= 15 is 0 Å². The van der Waals surface area contributed by atoms with Gasteiger partial charge in [-0.05, 0) is 140 Å². The van der Waals surface area contributed by atoms with Crippen LogP contribution in [0.5, 0.6) is 0 Å². The van der Waals surface area contributed by atoms with Crippen LogP contribution in [0.3, 0.4) is 0 Å².